The molecular weight excluding hydrogens is 336 g/mol. The number of unbranched alkanes of at least 4 members (excludes halogenated alkanes) is 1. The van der Waals surface area contributed by atoms with Crippen LogP contribution in [0, 0.1) is 11.8 Å². The maximum Gasteiger partial charge on any atom is 0.270 e. The number of hydrazine groups is 1. The molecule has 0 unspecified atom stereocenters. The van der Waals surface area contributed by atoms with Crippen molar-refractivity contribution < 1.29 is 23.9 Å². The molecule has 1 aromatic carbocycles. The highest BCUT2D eigenvalue weighted by atomic mass is 16.5. The summed E-state index contributed by atoms with van der Waals surface area (Å²) < 4.78 is 11.2. The maximum atomic E-state index is 12.5. The van der Waals surface area contributed by atoms with E-state index in [0.29, 0.717) is 17.9 Å². The Morgan fingerprint density at radius 2 is 1.77 bits per heavy atom. The topological polar surface area (TPSA) is 84.9 Å². The molecule has 3 aliphatic heterocycles. The first kappa shape index (κ1) is 17.0. The number of fused-ring (bicyclic) bond motifs is 5. The van der Waals surface area contributed by atoms with Crippen LogP contribution in [0.25, 0.3) is 0 Å². The summed E-state index contributed by atoms with van der Waals surface area (Å²) in [6.07, 6.45) is 3.23. The second-order valence-electron chi connectivity index (χ2n) is 7.02. The van der Waals surface area contributed by atoms with Gasteiger partial charge in [0.15, 0.2) is 0 Å². The van der Waals surface area contributed by atoms with Crippen molar-refractivity contribution in [2.45, 2.75) is 44.8 Å². The Bertz CT molecular complexity index is 704. The molecule has 4 atom stereocenters. The van der Waals surface area contributed by atoms with Crippen LogP contribution < -0.4 is 10.2 Å². The molecule has 7 heteroatoms. The molecule has 7 nitrogen and oxygen atoms in total. The van der Waals surface area contributed by atoms with Gasteiger partial charge in [0.05, 0.1) is 30.7 Å². The molecule has 3 aliphatic rings. The summed E-state index contributed by atoms with van der Waals surface area (Å²) in [7, 11) is 0. The zero-order chi connectivity index (χ0) is 18.3. The summed E-state index contributed by atoms with van der Waals surface area (Å²) in [5.74, 6) is -1.42. The minimum Gasteiger partial charge on any atom is -0.494 e. The molecule has 0 spiro atoms. The van der Waals surface area contributed by atoms with Crippen molar-refractivity contribution in [2.75, 3.05) is 6.61 Å². The van der Waals surface area contributed by atoms with Crippen molar-refractivity contribution in [3.63, 3.8) is 0 Å². The first-order chi connectivity index (χ1) is 12.6. The minimum absolute atomic E-state index is 0.192. The molecule has 26 heavy (non-hydrogen) atoms. The maximum absolute atomic E-state index is 12.5. The number of amides is 3. The lowest BCUT2D eigenvalue weighted by Crippen LogP contribution is -2.47. The SMILES string of the molecule is CCCCOc1ccc(C(=O)NN2C(=O)[C@H]3[C@H](C2=O)[C@H]2CC[C@H]3O2)cc1. The van der Waals surface area contributed by atoms with Crippen molar-refractivity contribution in [3.05, 3.63) is 29.8 Å². The quantitative estimate of drug-likeness (QED) is 0.618. The van der Waals surface area contributed by atoms with Gasteiger partial charge >= 0.3 is 0 Å². The molecule has 3 amide bonds. The number of carbonyl (C=O) groups excluding carboxylic acids is 3. The Morgan fingerprint density at radius 3 is 2.35 bits per heavy atom. The van der Waals surface area contributed by atoms with Crippen molar-refractivity contribution in [2.24, 2.45) is 11.8 Å². The molecule has 1 N–H and O–H groups in total. The molecule has 0 aromatic heterocycles. The summed E-state index contributed by atoms with van der Waals surface area (Å²) in [5, 5.41) is 0.886. The predicted octanol–water partition coefficient (Wildman–Crippen LogP) is 1.67. The van der Waals surface area contributed by atoms with E-state index >= 15 is 0 Å². The van der Waals surface area contributed by atoms with Crippen LogP contribution in [0.4, 0.5) is 0 Å². The van der Waals surface area contributed by atoms with E-state index in [0.717, 1.165) is 30.7 Å². The number of benzene rings is 1. The average molecular weight is 358 g/mol. The Balaban J connectivity index is 1.40. The zero-order valence-electron chi connectivity index (χ0n) is 14.6. The standard InChI is InChI=1S/C19H22N2O5/c1-2-3-10-25-12-6-4-11(5-7-12)17(22)20-21-18(23)15-13-8-9-14(26-13)16(15)19(21)24/h4-7,13-16H,2-3,8-10H2,1H3,(H,20,22)/t13-,14-,15-,16-/m1/s1. The number of ether oxygens (including phenoxy) is 2. The fraction of sp³-hybridized carbons (Fsp3) is 0.526. The molecule has 0 aliphatic carbocycles. The normalized spacial score (nSPS) is 29.2. The Morgan fingerprint density at radius 1 is 1.15 bits per heavy atom. The van der Waals surface area contributed by atoms with Gasteiger partial charge in [-0.05, 0) is 43.5 Å². The van der Waals surface area contributed by atoms with Crippen LogP contribution in [-0.2, 0) is 14.3 Å². The van der Waals surface area contributed by atoms with Gasteiger partial charge in [-0.15, -0.1) is 0 Å². The smallest absolute Gasteiger partial charge is 0.270 e. The summed E-state index contributed by atoms with van der Waals surface area (Å²) in [6.45, 7) is 2.72. The number of imide groups is 1. The fourth-order valence-corrected chi connectivity index (χ4v) is 4.03. The van der Waals surface area contributed by atoms with Gasteiger partial charge in [-0.25, -0.2) is 0 Å². The van der Waals surface area contributed by atoms with Gasteiger partial charge in [-0.3, -0.25) is 19.8 Å². The summed E-state index contributed by atoms with van der Waals surface area (Å²) >= 11 is 0. The lowest BCUT2D eigenvalue weighted by molar-refractivity contribution is -0.145. The van der Waals surface area contributed by atoms with E-state index in [1.807, 2.05) is 0 Å². The highest BCUT2D eigenvalue weighted by Crippen LogP contribution is 2.48. The van der Waals surface area contributed by atoms with Gasteiger partial charge in [-0.1, -0.05) is 13.3 Å². The molecule has 2 bridgehead atoms. The number of hydrogen-bond donors (Lipinski definition) is 1. The van der Waals surface area contributed by atoms with E-state index in [9.17, 15) is 14.4 Å². The number of carbonyl (C=O) groups is 3. The molecule has 4 rings (SSSR count). The third kappa shape index (κ3) is 2.76. The van der Waals surface area contributed by atoms with Gasteiger partial charge in [0.2, 0.25) is 0 Å². The number of nitrogens with zero attached hydrogens (tertiary/aromatic N) is 1. The van der Waals surface area contributed by atoms with Crippen molar-refractivity contribution >= 4 is 17.7 Å². The van der Waals surface area contributed by atoms with Crippen molar-refractivity contribution in [1.29, 1.82) is 0 Å². The van der Waals surface area contributed by atoms with Crippen LogP contribution >= 0.6 is 0 Å². The largest absolute Gasteiger partial charge is 0.494 e. The Kier molecular flexibility index (Phi) is 4.40. The number of nitrogens with one attached hydrogen (secondary N) is 1. The monoisotopic (exact) mass is 358 g/mol. The number of hydrogen-bond acceptors (Lipinski definition) is 5. The third-order valence-corrected chi connectivity index (χ3v) is 5.38. The molecule has 3 fully saturated rings. The van der Waals surface area contributed by atoms with E-state index in [1.165, 1.54) is 0 Å². The second-order valence-corrected chi connectivity index (χ2v) is 7.02. The highest BCUT2D eigenvalue weighted by Gasteiger charge is 2.62. The number of rotatable bonds is 6. The second kappa shape index (κ2) is 6.72. The molecule has 0 radical (unpaired) electrons. The summed E-state index contributed by atoms with van der Waals surface area (Å²) in [6, 6.07) is 6.66. The molecule has 3 heterocycles. The van der Waals surface area contributed by atoms with Gasteiger partial charge in [0, 0.05) is 5.56 Å². The average Bonchev–Trinajstić information content (AvgIpc) is 3.32. The van der Waals surface area contributed by atoms with Gasteiger partial charge < -0.3 is 9.47 Å². The van der Waals surface area contributed by atoms with Crippen LogP contribution in [-0.4, -0.2) is 41.5 Å². The highest BCUT2D eigenvalue weighted by molar-refractivity contribution is 6.08. The molecule has 3 saturated heterocycles. The van der Waals surface area contributed by atoms with Crippen LogP contribution in [0.1, 0.15) is 43.0 Å². The van der Waals surface area contributed by atoms with Crippen LogP contribution in [0.15, 0.2) is 24.3 Å². The van der Waals surface area contributed by atoms with Gasteiger partial charge in [-0.2, -0.15) is 5.01 Å². The van der Waals surface area contributed by atoms with Crippen LogP contribution in [0.5, 0.6) is 5.75 Å². The van der Waals surface area contributed by atoms with E-state index < -0.39 is 17.7 Å². The van der Waals surface area contributed by atoms with Gasteiger partial charge in [0.25, 0.3) is 17.7 Å². The summed E-state index contributed by atoms with van der Waals surface area (Å²) in [5.41, 5.74) is 2.83. The lowest BCUT2D eigenvalue weighted by Gasteiger charge is -2.18. The zero-order valence-corrected chi connectivity index (χ0v) is 14.6. The van der Waals surface area contributed by atoms with E-state index in [1.54, 1.807) is 24.3 Å². The van der Waals surface area contributed by atoms with Crippen LogP contribution in [0.2, 0.25) is 0 Å². The first-order valence-corrected chi connectivity index (χ1v) is 9.17. The van der Waals surface area contributed by atoms with E-state index in [-0.39, 0.29) is 24.0 Å². The fourth-order valence-electron chi connectivity index (χ4n) is 4.03. The Labute approximate surface area is 151 Å². The molecule has 138 valence electrons. The first-order valence-electron chi connectivity index (χ1n) is 9.17. The Hall–Kier alpha value is -2.41. The van der Waals surface area contributed by atoms with Crippen LogP contribution in [0.3, 0.4) is 0 Å². The predicted molar refractivity (Wildman–Crippen MR) is 91.0 cm³/mol. The van der Waals surface area contributed by atoms with E-state index in [4.69, 9.17) is 9.47 Å². The molecular formula is C19H22N2O5. The lowest BCUT2D eigenvalue weighted by atomic mass is 9.81. The van der Waals surface area contributed by atoms with Crippen molar-refractivity contribution in [1.82, 2.24) is 10.4 Å². The van der Waals surface area contributed by atoms with E-state index in [2.05, 4.69) is 12.3 Å². The minimum atomic E-state index is -0.486. The van der Waals surface area contributed by atoms with Gasteiger partial charge in [0.1, 0.15) is 5.75 Å². The third-order valence-electron chi connectivity index (χ3n) is 5.38. The molecule has 0 saturated carbocycles. The molecule has 1 aromatic rings. The summed E-state index contributed by atoms with van der Waals surface area (Å²) in [4.78, 5) is 37.5. The van der Waals surface area contributed by atoms with Crippen molar-refractivity contribution in [3.8, 4) is 5.75 Å².